The Labute approximate surface area is 171 Å². The molecule has 6 rings (SSSR count). The van der Waals surface area contributed by atoms with E-state index in [-0.39, 0.29) is 0 Å². The van der Waals surface area contributed by atoms with Crippen LogP contribution < -0.4 is 5.32 Å². The Hall–Kier alpha value is -3.91. The largest absolute Gasteiger partial charge is 0.336 e. The molecule has 0 fully saturated rings. The molecule has 3 N–H and O–H groups in total. The molecule has 5 aromatic heterocycles. The Balaban J connectivity index is 1.50. The Morgan fingerprint density at radius 3 is 2.63 bits per heavy atom. The molecule has 1 aliphatic rings. The van der Waals surface area contributed by atoms with Gasteiger partial charge in [0.1, 0.15) is 16.7 Å². The highest BCUT2D eigenvalue weighted by Crippen LogP contribution is 2.30. The van der Waals surface area contributed by atoms with E-state index >= 15 is 0 Å². The summed E-state index contributed by atoms with van der Waals surface area (Å²) in [6, 6.07) is 11.7. The standard InChI is InChI=1S/C22H18N8/c1-2-9-24-15(3-1)18-19-16(8-12-25-18)27-22(28-19)21-20-17(29-30-21)5-4-14(26-20)13-6-10-23-11-7-13/h1-6,8-9,12,23H,7,10-11H2,(H,27,28)(H,29,30). The van der Waals surface area contributed by atoms with E-state index < -0.39 is 0 Å². The van der Waals surface area contributed by atoms with E-state index in [9.17, 15) is 0 Å². The van der Waals surface area contributed by atoms with Crippen molar-refractivity contribution in [2.24, 2.45) is 0 Å². The van der Waals surface area contributed by atoms with Crippen molar-refractivity contribution < 1.29 is 0 Å². The summed E-state index contributed by atoms with van der Waals surface area (Å²) in [4.78, 5) is 22.0. The molecule has 146 valence electrons. The van der Waals surface area contributed by atoms with E-state index in [1.54, 1.807) is 12.4 Å². The second-order valence-corrected chi connectivity index (χ2v) is 7.20. The van der Waals surface area contributed by atoms with Crippen molar-refractivity contribution in [2.75, 3.05) is 13.1 Å². The van der Waals surface area contributed by atoms with E-state index in [4.69, 9.17) is 9.97 Å². The van der Waals surface area contributed by atoms with Crippen LogP contribution in [0.3, 0.4) is 0 Å². The number of aromatic nitrogens is 7. The molecule has 0 amide bonds. The highest BCUT2D eigenvalue weighted by Gasteiger charge is 2.18. The van der Waals surface area contributed by atoms with Crippen molar-refractivity contribution in [1.29, 1.82) is 0 Å². The van der Waals surface area contributed by atoms with Gasteiger partial charge >= 0.3 is 0 Å². The Bertz CT molecular complexity index is 1400. The van der Waals surface area contributed by atoms with Crippen LogP contribution >= 0.6 is 0 Å². The van der Waals surface area contributed by atoms with Crippen molar-refractivity contribution in [1.82, 2.24) is 40.4 Å². The summed E-state index contributed by atoms with van der Waals surface area (Å²) in [5, 5.41) is 10.9. The zero-order chi connectivity index (χ0) is 19.9. The summed E-state index contributed by atoms with van der Waals surface area (Å²) in [5.74, 6) is 0.658. The molecule has 0 spiro atoms. The van der Waals surface area contributed by atoms with Gasteiger partial charge in [0, 0.05) is 18.9 Å². The highest BCUT2D eigenvalue weighted by atomic mass is 15.2. The van der Waals surface area contributed by atoms with Crippen molar-refractivity contribution in [3.8, 4) is 22.9 Å². The van der Waals surface area contributed by atoms with Gasteiger partial charge in [0.05, 0.1) is 22.4 Å². The molecule has 0 radical (unpaired) electrons. The smallest absolute Gasteiger partial charge is 0.161 e. The molecule has 8 heteroatoms. The molecule has 6 heterocycles. The van der Waals surface area contributed by atoms with Gasteiger partial charge in [-0.05, 0) is 48.9 Å². The SMILES string of the molecule is C1=C(c2ccc3[nH]nc(-c4nc5c(-c6ccccn6)nccc5[nH]4)c3n2)CCNC1. The summed E-state index contributed by atoms with van der Waals surface area (Å²) >= 11 is 0. The average Bonchev–Trinajstić information content (AvgIpc) is 3.43. The van der Waals surface area contributed by atoms with Crippen LogP contribution in [0.25, 0.3) is 50.5 Å². The first-order valence-electron chi connectivity index (χ1n) is 9.88. The Morgan fingerprint density at radius 2 is 1.77 bits per heavy atom. The fraction of sp³-hybridized carbons (Fsp3) is 0.136. The number of imidazole rings is 1. The number of nitrogens with one attached hydrogen (secondary N) is 3. The van der Waals surface area contributed by atoms with Gasteiger partial charge in [0.2, 0.25) is 0 Å². The lowest BCUT2D eigenvalue weighted by molar-refractivity contribution is 0.737. The zero-order valence-electron chi connectivity index (χ0n) is 16.1. The molecular formula is C22H18N8. The first kappa shape index (κ1) is 17.0. The predicted molar refractivity (Wildman–Crippen MR) is 115 cm³/mol. The third-order valence-corrected chi connectivity index (χ3v) is 5.33. The lowest BCUT2D eigenvalue weighted by Gasteiger charge is -2.13. The number of pyridine rings is 3. The van der Waals surface area contributed by atoms with Crippen LogP contribution in [-0.2, 0) is 0 Å². The third kappa shape index (κ3) is 2.77. The van der Waals surface area contributed by atoms with E-state index in [0.717, 1.165) is 58.7 Å². The van der Waals surface area contributed by atoms with Gasteiger partial charge in [-0.2, -0.15) is 5.10 Å². The number of hydrogen-bond acceptors (Lipinski definition) is 6. The van der Waals surface area contributed by atoms with Crippen molar-refractivity contribution in [3.05, 3.63) is 60.6 Å². The Morgan fingerprint density at radius 1 is 0.800 bits per heavy atom. The summed E-state index contributed by atoms with van der Waals surface area (Å²) in [6.07, 6.45) is 6.68. The minimum absolute atomic E-state index is 0.658. The first-order chi connectivity index (χ1) is 14.9. The van der Waals surface area contributed by atoms with Gasteiger partial charge in [-0.1, -0.05) is 12.1 Å². The quantitative estimate of drug-likeness (QED) is 0.433. The molecule has 1 aliphatic heterocycles. The topological polar surface area (TPSA) is 108 Å². The molecule has 0 saturated carbocycles. The summed E-state index contributed by atoms with van der Waals surface area (Å²) in [7, 11) is 0. The molecule has 0 saturated heterocycles. The molecule has 0 bridgehead atoms. The number of aromatic amines is 2. The van der Waals surface area contributed by atoms with Gasteiger partial charge in [0.15, 0.2) is 11.5 Å². The summed E-state index contributed by atoms with van der Waals surface area (Å²) < 4.78 is 0. The maximum absolute atomic E-state index is 4.91. The van der Waals surface area contributed by atoms with Crippen LogP contribution in [-0.4, -0.2) is 48.2 Å². The predicted octanol–water partition coefficient (Wildman–Crippen LogP) is 3.33. The van der Waals surface area contributed by atoms with E-state index in [2.05, 4.69) is 36.5 Å². The monoisotopic (exact) mass is 394 g/mol. The van der Waals surface area contributed by atoms with Gasteiger partial charge < -0.3 is 10.3 Å². The van der Waals surface area contributed by atoms with Gasteiger partial charge in [-0.3, -0.25) is 15.1 Å². The minimum atomic E-state index is 0.658. The number of hydrogen-bond donors (Lipinski definition) is 3. The van der Waals surface area contributed by atoms with Crippen molar-refractivity contribution in [2.45, 2.75) is 6.42 Å². The normalized spacial score (nSPS) is 14.3. The molecule has 5 aromatic rings. The van der Waals surface area contributed by atoms with Crippen molar-refractivity contribution >= 4 is 27.6 Å². The van der Waals surface area contributed by atoms with Crippen LogP contribution in [0, 0.1) is 0 Å². The molecule has 0 atom stereocenters. The number of nitrogens with zero attached hydrogens (tertiary/aromatic N) is 5. The first-order valence-corrected chi connectivity index (χ1v) is 9.88. The van der Waals surface area contributed by atoms with Gasteiger partial charge in [-0.15, -0.1) is 0 Å². The van der Waals surface area contributed by atoms with Crippen molar-refractivity contribution in [3.63, 3.8) is 0 Å². The summed E-state index contributed by atoms with van der Waals surface area (Å²) in [5.41, 5.74) is 7.80. The zero-order valence-corrected chi connectivity index (χ0v) is 16.1. The lowest BCUT2D eigenvalue weighted by Crippen LogP contribution is -2.20. The van der Waals surface area contributed by atoms with Gasteiger partial charge in [0.25, 0.3) is 0 Å². The number of rotatable bonds is 3. The third-order valence-electron chi connectivity index (χ3n) is 5.33. The van der Waals surface area contributed by atoms with E-state index in [1.165, 1.54) is 5.57 Å². The molecular weight excluding hydrogens is 376 g/mol. The minimum Gasteiger partial charge on any atom is -0.336 e. The number of fused-ring (bicyclic) bond motifs is 2. The Kier molecular flexibility index (Phi) is 3.88. The second-order valence-electron chi connectivity index (χ2n) is 7.20. The van der Waals surface area contributed by atoms with Crippen LogP contribution in [0.5, 0.6) is 0 Å². The fourth-order valence-corrected chi connectivity index (χ4v) is 3.84. The van der Waals surface area contributed by atoms with Gasteiger partial charge in [-0.25, -0.2) is 9.97 Å². The molecule has 30 heavy (non-hydrogen) atoms. The maximum Gasteiger partial charge on any atom is 0.161 e. The molecule has 0 unspecified atom stereocenters. The van der Waals surface area contributed by atoms with Crippen LogP contribution in [0.2, 0.25) is 0 Å². The maximum atomic E-state index is 4.91. The summed E-state index contributed by atoms with van der Waals surface area (Å²) in [6.45, 7) is 1.84. The lowest BCUT2D eigenvalue weighted by atomic mass is 10.1. The molecule has 0 aromatic carbocycles. The number of H-pyrrole nitrogens is 2. The molecule has 8 nitrogen and oxygen atoms in total. The second kappa shape index (κ2) is 6.85. The highest BCUT2D eigenvalue weighted by molar-refractivity contribution is 5.94. The van der Waals surface area contributed by atoms with E-state index in [0.29, 0.717) is 11.5 Å². The fourth-order valence-electron chi connectivity index (χ4n) is 3.84. The van der Waals surface area contributed by atoms with Crippen LogP contribution in [0.4, 0.5) is 0 Å². The molecule has 0 aliphatic carbocycles. The average molecular weight is 394 g/mol. The van der Waals surface area contributed by atoms with Crippen LogP contribution in [0.1, 0.15) is 12.1 Å². The van der Waals surface area contributed by atoms with E-state index in [1.807, 2.05) is 36.4 Å². The van der Waals surface area contributed by atoms with Crippen LogP contribution in [0.15, 0.2) is 54.9 Å².